The number of nitrogens with two attached hydrogens (primary N) is 1. The summed E-state index contributed by atoms with van der Waals surface area (Å²) < 4.78 is 24.1. The van der Waals surface area contributed by atoms with Crippen LogP contribution in [0.15, 0.2) is 42.5 Å². The van der Waals surface area contributed by atoms with E-state index in [2.05, 4.69) is 5.32 Å². The van der Waals surface area contributed by atoms with Crippen LogP contribution >= 0.6 is 0 Å². The molecule has 0 unspecified atom stereocenters. The van der Waals surface area contributed by atoms with Crippen LogP contribution in [0.25, 0.3) is 0 Å². The number of halogens is 1. The summed E-state index contributed by atoms with van der Waals surface area (Å²) in [6.07, 6.45) is 0.615. The monoisotopic (exact) mass is 332 g/mol. The first-order chi connectivity index (χ1) is 11.6. The fraction of sp³-hybridized carbons (Fsp3) is 0.278. The van der Waals surface area contributed by atoms with Gasteiger partial charge in [-0.15, -0.1) is 0 Å². The minimum Gasteiger partial charge on any atom is -0.493 e. The van der Waals surface area contributed by atoms with Gasteiger partial charge in [-0.25, -0.2) is 4.39 Å². The minimum absolute atomic E-state index is 0.183. The van der Waals surface area contributed by atoms with Gasteiger partial charge < -0.3 is 20.5 Å². The molecule has 128 valence electrons. The Bertz CT molecular complexity index is 692. The number of methoxy groups -OCH3 is 1. The molecule has 5 nitrogen and oxygen atoms in total. The van der Waals surface area contributed by atoms with E-state index in [9.17, 15) is 9.18 Å². The van der Waals surface area contributed by atoms with Crippen LogP contribution < -0.4 is 20.5 Å². The van der Waals surface area contributed by atoms with E-state index in [4.69, 9.17) is 15.2 Å². The second kappa shape index (κ2) is 8.88. The normalized spacial score (nSPS) is 10.4. The van der Waals surface area contributed by atoms with Crippen molar-refractivity contribution in [3.63, 3.8) is 0 Å². The van der Waals surface area contributed by atoms with Crippen molar-refractivity contribution in [1.29, 1.82) is 0 Å². The largest absolute Gasteiger partial charge is 0.493 e. The summed E-state index contributed by atoms with van der Waals surface area (Å²) in [4.78, 5) is 10.8. The SMILES string of the molecule is COc1cc(CNCCc2ccccc2F)ccc1OCC(N)=O. The van der Waals surface area contributed by atoms with Crippen molar-refractivity contribution in [2.75, 3.05) is 20.3 Å². The third-order valence-electron chi connectivity index (χ3n) is 3.46. The van der Waals surface area contributed by atoms with E-state index in [1.165, 1.54) is 13.2 Å². The highest BCUT2D eigenvalue weighted by molar-refractivity contribution is 5.75. The van der Waals surface area contributed by atoms with Crippen LogP contribution in [-0.2, 0) is 17.8 Å². The Morgan fingerprint density at radius 3 is 2.71 bits per heavy atom. The van der Waals surface area contributed by atoms with Gasteiger partial charge in [-0.2, -0.15) is 0 Å². The quantitative estimate of drug-likeness (QED) is 0.689. The molecule has 0 aliphatic carbocycles. The molecule has 2 aromatic rings. The molecule has 0 aromatic heterocycles. The molecule has 0 heterocycles. The molecule has 24 heavy (non-hydrogen) atoms. The molecule has 0 radical (unpaired) electrons. The van der Waals surface area contributed by atoms with Crippen molar-refractivity contribution in [2.24, 2.45) is 5.73 Å². The van der Waals surface area contributed by atoms with E-state index in [1.807, 2.05) is 18.2 Å². The molecule has 0 atom stereocenters. The van der Waals surface area contributed by atoms with Gasteiger partial charge in [-0.05, 0) is 42.3 Å². The van der Waals surface area contributed by atoms with Crippen molar-refractivity contribution in [1.82, 2.24) is 5.32 Å². The van der Waals surface area contributed by atoms with E-state index >= 15 is 0 Å². The number of rotatable bonds is 9. The number of primary amides is 1. The van der Waals surface area contributed by atoms with Gasteiger partial charge in [0.1, 0.15) is 5.82 Å². The van der Waals surface area contributed by atoms with E-state index in [-0.39, 0.29) is 12.4 Å². The summed E-state index contributed by atoms with van der Waals surface area (Å²) in [5, 5.41) is 3.26. The minimum atomic E-state index is -0.545. The Morgan fingerprint density at radius 2 is 2.00 bits per heavy atom. The zero-order valence-electron chi connectivity index (χ0n) is 13.5. The number of benzene rings is 2. The molecular weight excluding hydrogens is 311 g/mol. The maximum atomic E-state index is 13.5. The smallest absolute Gasteiger partial charge is 0.255 e. The number of hydrogen-bond donors (Lipinski definition) is 2. The van der Waals surface area contributed by atoms with Crippen LogP contribution in [-0.4, -0.2) is 26.2 Å². The Balaban J connectivity index is 1.86. The van der Waals surface area contributed by atoms with Crippen LogP contribution in [0.5, 0.6) is 11.5 Å². The Labute approximate surface area is 140 Å². The maximum Gasteiger partial charge on any atom is 0.255 e. The van der Waals surface area contributed by atoms with Gasteiger partial charge >= 0.3 is 0 Å². The van der Waals surface area contributed by atoms with Crippen LogP contribution in [0.4, 0.5) is 4.39 Å². The lowest BCUT2D eigenvalue weighted by molar-refractivity contribution is -0.119. The maximum absolute atomic E-state index is 13.5. The molecule has 2 rings (SSSR count). The first-order valence-corrected chi connectivity index (χ1v) is 7.62. The lowest BCUT2D eigenvalue weighted by atomic mass is 10.1. The van der Waals surface area contributed by atoms with Gasteiger partial charge in [-0.1, -0.05) is 24.3 Å². The van der Waals surface area contributed by atoms with E-state index in [1.54, 1.807) is 18.2 Å². The number of carbonyl (C=O) groups is 1. The Kier molecular flexibility index (Phi) is 6.57. The van der Waals surface area contributed by atoms with Gasteiger partial charge in [0.15, 0.2) is 18.1 Å². The zero-order chi connectivity index (χ0) is 17.4. The highest BCUT2D eigenvalue weighted by Gasteiger charge is 2.07. The lowest BCUT2D eigenvalue weighted by Gasteiger charge is -2.12. The molecule has 0 aliphatic heterocycles. The molecule has 0 saturated heterocycles. The van der Waals surface area contributed by atoms with Gasteiger partial charge in [0, 0.05) is 6.54 Å². The first kappa shape index (κ1) is 17.7. The molecule has 2 aromatic carbocycles. The summed E-state index contributed by atoms with van der Waals surface area (Å²) in [5.41, 5.74) is 6.74. The highest BCUT2D eigenvalue weighted by Crippen LogP contribution is 2.27. The molecule has 0 bridgehead atoms. The third-order valence-corrected chi connectivity index (χ3v) is 3.46. The fourth-order valence-electron chi connectivity index (χ4n) is 2.25. The van der Waals surface area contributed by atoms with Gasteiger partial charge in [0.05, 0.1) is 7.11 Å². The number of hydrogen-bond acceptors (Lipinski definition) is 4. The zero-order valence-corrected chi connectivity index (χ0v) is 13.5. The summed E-state index contributed by atoms with van der Waals surface area (Å²) in [5.74, 6) is 0.268. The number of nitrogens with one attached hydrogen (secondary N) is 1. The Morgan fingerprint density at radius 1 is 1.21 bits per heavy atom. The van der Waals surface area contributed by atoms with Crippen LogP contribution in [0.1, 0.15) is 11.1 Å². The van der Waals surface area contributed by atoms with E-state index in [0.717, 1.165) is 5.56 Å². The van der Waals surface area contributed by atoms with E-state index in [0.29, 0.717) is 36.6 Å². The van der Waals surface area contributed by atoms with Gasteiger partial charge in [0.25, 0.3) is 5.91 Å². The van der Waals surface area contributed by atoms with Gasteiger partial charge in [-0.3, -0.25) is 4.79 Å². The van der Waals surface area contributed by atoms with Crippen molar-refractivity contribution in [2.45, 2.75) is 13.0 Å². The van der Waals surface area contributed by atoms with Crippen molar-refractivity contribution in [3.05, 3.63) is 59.4 Å². The van der Waals surface area contributed by atoms with E-state index < -0.39 is 5.91 Å². The average Bonchev–Trinajstić information content (AvgIpc) is 2.58. The molecule has 0 aliphatic rings. The molecule has 3 N–H and O–H groups in total. The molecule has 0 fully saturated rings. The molecular formula is C18H21FN2O3. The first-order valence-electron chi connectivity index (χ1n) is 7.62. The molecule has 1 amide bonds. The van der Waals surface area contributed by atoms with Crippen LogP contribution in [0.3, 0.4) is 0 Å². The number of ether oxygens (including phenoxy) is 2. The second-order valence-corrected chi connectivity index (χ2v) is 5.26. The van der Waals surface area contributed by atoms with Crippen molar-refractivity contribution < 1.29 is 18.7 Å². The predicted octanol–water partition coefficient (Wildman–Crippen LogP) is 2.03. The Hall–Kier alpha value is -2.60. The topological polar surface area (TPSA) is 73.6 Å². The molecule has 0 saturated carbocycles. The second-order valence-electron chi connectivity index (χ2n) is 5.26. The molecule has 0 spiro atoms. The standard InChI is InChI=1S/C18H21FN2O3/c1-23-17-10-13(6-7-16(17)24-12-18(20)22)11-21-9-8-14-4-2-3-5-15(14)19/h2-7,10,21H,8-9,11-12H2,1H3,(H2,20,22). The fourth-order valence-corrected chi connectivity index (χ4v) is 2.25. The van der Waals surface area contributed by atoms with Crippen molar-refractivity contribution in [3.8, 4) is 11.5 Å². The average molecular weight is 332 g/mol. The number of carbonyl (C=O) groups excluding carboxylic acids is 1. The van der Waals surface area contributed by atoms with Crippen molar-refractivity contribution >= 4 is 5.91 Å². The molecule has 6 heteroatoms. The van der Waals surface area contributed by atoms with Gasteiger partial charge in [0.2, 0.25) is 0 Å². The summed E-state index contributed by atoms with van der Waals surface area (Å²) in [7, 11) is 1.53. The predicted molar refractivity (Wildman–Crippen MR) is 89.5 cm³/mol. The highest BCUT2D eigenvalue weighted by atomic mass is 19.1. The summed E-state index contributed by atoms with van der Waals surface area (Å²) in [6, 6.07) is 12.2. The summed E-state index contributed by atoms with van der Waals surface area (Å²) >= 11 is 0. The lowest BCUT2D eigenvalue weighted by Crippen LogP contribution is -2.20. The van der Waals surface area contributed by atoms with Crippen LogP contribution in [0.2, 0.25) is 0 Å². The number of amides is 1. The van der Waals surface area contributed by atoms with Crippen LogP contribution in [0, 0.1) is 5.82 Å². The summed E-state index contributed by atoms with van der Waals surface area (Å²) in [6.45, 7) is 1.07. The third kappa shape index (κ3) is 5.24.